The molecule has 138 valence electrons. The van der Waals surface area contributed by atoms with Crippen molar-refractivity contribution in [2.75, 3.05) is 0 Å². The lowest BCUT2D eigenvalue weighted by molar-refractivity contribution is -0.193. The molecule has 1 aliphatic rings. The third-order valence-corrected chi connectivity index (χ3v) is 4.00. The molecule has 1 heterocycles. The van der Waals surface area contributed by atoms with Crippen LogP contribution in [0.2, 0.25) is 0 Å². The number of nitrogens with one attached hydrogen (secondary N) is 2. The molecule has 8 nitrogen and oxygen atoms in total. The Labute approximate surface area is 146 Å². The molecule has 0 aromatic heterocycles. The molecule has 3 N–H and O–H groups in total. The van der Waals surface area contributed by atoms with E-state index < -0.39 is 47.9 Å². The topological polar surface area (TPSA) is 122 Å². The van der Waals surface area contributed by atoms with Crippen LogP contribution < -0.4 is 10.6 Å². The molecule has 1 aliphatic heterocycles. The molecule has 1 saturated heterocycles. The van der Waals surface area contributed by atoms with Crippen LogP contribution in [0.1, 0.15) is 34.1 Å². The first-order chi connectivity index (χ1) is 11.6. The number of carbonyl (C=O) groups excluding carboxylic acids is 3. The van der Waals surface area contributed by atoms with Gasteiger partial charge in [-0.2, -0.15) is 0 Å². The van der Waals surface area contributed by atoms with Gasteiger partial charge in [-0.05, 0) is 11.8 Å². The summed E-state index contributed by atoms with van der Waals surface area (Å²) in [6.07, 6.45) is 3.99. The number of hydrogen-bond donors (Lipinski definition) is 3. The van der Waals surface area contributed by atoms with Crippen molar-refractivity contribution in [3.8, 4) is 12.3 Å². The second-order valence-corrected chi connectivity index (χ2v) is 6.67. The summed E-state index contributed by atoms with van der Waals surface area (Å²) in [6, 6.07) is -2.21. The number of hydrogen-bond acceptors (Lipinski definition) is 5. The molecule has 0 radical (unpaired) electrons. The molecule has 0 aliphatic carbocycles. The molecular formula is C17H24N2O6. The minimum Gasteiger partial charge on any atom is -0.480 e. The highest BCUT2D eigenvalue weighted by Crippen LogP contribution is 2.29. The Morgan fingerprint density at radius 3 is 2.24 bits per heavy atom. The maximum atomic E-state index is 12.4. The van der Waals surface area contributed by atoms with Crippen LogP contribution in [0.15, 0.2) is 0 Å². The van der Waals surface area contributed by atoms with E-state index in [4.69, 9.17) is 16.3 Å². The molecule has 8 heteroatoms. The van der Waals surface area contributed by atoms with E-state index in [0.717, 1.165) is 0 Å². The van der Waals surface area contributed by atoms with Gasteiger partial charge in [-0.25, -0.2) is 4.79 Å². The smallest absolute Gasteiger partial charge is 0.327 e. The average Bonchev–Trinajstić information content (AvgIpc) is 2.47. The summed E-state index contributed by atoms with van der Waals surface area (Å²) in [5.74, 6) is -1.68. The first-order valence-corrected chi connectivity index (χ1v) is 8.07. The molecule has 1 fully saturated rings. The van der Waals surface area contributed by atoms with Gasteiger partial charge in [0.15, 0.2) is 6.10 Å². The van der Waals surface area contributed by atoms with Gasteiger partial charge in [0, 0.05) is 6.42 Å². The standard InChI is InChI=1S/C17H24N2O6/c1-6-7-10(16(22)23)18-14(20)12(9(4)5)19-15(21)13-11(8(2)3)17(24)25-13/h1,8-13H,7H2,2-5H3,(H,18,20)(H,19,21)(H,22,23)/t10-,11-,12-,13+/m0/s1. The number of carboxylic acids is 1. The highest BCUT2D eigenvalue weighted by Gasteiger charge is 2.49. The fourth-order valence-corrected chi connectivity index (χ4v) is 2.52. The highest BCUT2D eigenvalue weighted by molar-refractivity contribution is 5.97. The van der Waals surface area contributed by atoms with E-state index in [9.17, 15) is 19.2 Å². The van der Waals surface area contributed by atoms with Crippen molar-refractivity contribution in [3.05, 3.63) is 0 Å². The predicted octanol–water partition coefficient (Wildman–Crippen LogP) is -0.0825. The van der Waals surface area contributed by atoms with Crippen molar-refractivity contribution in [2.45, 2.75) is 52.3 Å². The zero-order chi connectivity index (χ0) is 19.3. The van der Waals surface area contributed by atoms with Gasteiger partial charge in [-0.3, -0.25) is 14.4 Å². The molecule has 4 atom stereocenters. The predicted molar refractivity (Wildman–Crippen MR) is 88.0 cm³/mol. The lowest BCUT2D eigenvalue weighted by Gasteiger charge is -2.37. The molecule has 0 spiro atoms. The van der Waals surface area contributed by atoms with Gasteiger partial charge in [0.05, 0.1) is 0 Å². The molecule has 0 bridgehead atoms. The maximum absolute atomic E-state index is 12.4. The van der Waals surface area contributed by atoms with Crippen LogP contribution in [0.25, 0.3) is 0 Å². The number of carbonyl (C=O) groups is 4. The van der Waals surface area contributed by atoms with Crippen molar-refractivity contribution in [1.29, 1.82) is 0 Å². The normalized spacial score (nSPS) is 21.6. The van der Waals surface area contributed by atoms with Crippen LogP contribution in [-0.2, 0) is 23.9 Å². The van der Waals surface area contributed by atoms with E-state index in [1.807, 2.05) is 0 Å². The van der Waals surface area contributed by atoms with Gasteiger partial charge >= 0.3 is 11.9 Å². The Bertz CT molecular complexity index is 592. The molecule has 0 saturated carbocycles. The largest absolute Gasteiger partial charge is 0.480 e. The van der Waals surface area contributed by atoms with Crippen LogP contribution in [0.4, 0.5) is 0 Å². The number of amides is 2. The highest BCUT2D eigenvalue weighted by atomic mass is 16.6. The summed E-state index contributed by atoms with van der Waals surface area (Å²) < 4.78 is 4.89. The summed E-state index contributed by atoms with van der Waals surface area (Å²) >= 11 is 0. The van der Waals surface area contributed by atoms with E-state index in [0.29, 0.717) is 0 Å². The number of carboxylic acid groups (broad SMARTS) is 1. The van der Waals surface area contributed by atoms with Gasteiger partial charge in [-0.15, -0.1) is 12.3 Å². The number of ether oxygens (including phenoxy) is 1. The van der Waals surface area contributed by atoms with Crippen LogP contribution in [0.3, 0.4) is 0 Å². The van der Waals surface area contributed by atoms with E-state index in [2.05, 4.69) is 16.6 Å². The maximum Gasteiger partial charge on any atom is 0.327 e. The monoisotopic (exact) mass is 352 g/mol. The molecule has 0 aromatic carbocycles. The quantitative estimate of drug-likeness (QED) is 0.415. The van der Waals surface area contributed by atoms with Gasteiger partial charge in [0.1, 0.15) is 18.0 Å². The molecule has 2 amide bonds. The Morgan fingerprint density at radius 2 is 1.84 bits per heavy atom. The van der Waals surface area contributed by atoms with Crippen molar-refractivity contribution >= 4 is 23.8 Å². The number of cyclic esters (lactones) is 1. The third-order valence-electron chi connectivity index (χ3n) is 4.00. The number of esters is 1. The van der Waals surface area contributed by atoms with Crippen molar-refractivity contribution < 1.29 is 29.0 Å². The average molecular weight is 352 g/mol. The van der Waals surface area contributed by atoms with E-state index in [1.165, 1.54) is 0 Å². The van der Waals surface area contributed by atoms with Crippen molar-refractivity contribution in [2.24, 2.45) is 17.8 Å². The minimum absolute atomic E-state index is 0.0738. The molecular weight excluding hydrogens is 328 g/mol. The summed E-state index contributed by atoms with van der Waals surface area (Å²) in [7, 11) is 0. The zero-order valence-electron chi connectivity index (χ0n) is 14.7. The van der Waals surface area contributed by atoms with E-state index in [1.54, 1.807) is 27.7 Å². The Balaban J connectivity index is 2.78. The fourth-order valence-electron chi connectivity index (χ4n) is 2.52. The Kier molecular flexibility index (Phi) is 6.97. The summed E-state index contributed by atoms with van der Waals surface area (Å²) in [4.78, 5) is 47.3. The van der Waals surface area contributed by atoms with Crippen LogP contribution in [-0.4, -0.2) is 47.0 Å². The second kappa shape index (κ2) is 8.51. The summed E-state index contributed by atoms with van der Waals surface area (Å²) in [5, 5.41) is 13.9. The molecule has 25 heavy (non-hydrogen) atoms. The van der Waals surface area contributed by atoms with Gasteiger partial charge < -0.3 is 20.5 Å². The third kappa shape index (κ3) is 4.95. The van der Waals surface area contributed by atoms with E-state index >= 15 is 0 Å². The Morgan fingerprint density at radius 1 is 1.24 bits per heavy atom. The van der Waals surface area contributed by atoms with Crippen LogP contribution in [0.5, 0.6) is 0 Å². The summed E-state index contributed by atoms with van der Waals surface area (Å²) in [5.41, 5.74) is 0. The molecule has 0 aromatic rings. The van der Waals surface area contributed by atoms with Crippen molar-refractivity contribution in [1.82, 2.24) is 10.6 Å². The first kappa shape index (κ1) is 20.5. The molecule has 1 rings (SSSR count). The fraction of sp³-hybridized carbons (Fsp3) is 0.647. The first-order valence-electron chi connectivity index (χ1n) is 8.07. The Hall–Kier alpha value is -2.56. The SMILES string of the molecule is C#CC[C@H](NC(=O)[C@@H](NC(=O)[C@@H]1OC(=O)[C@H]1C(C)C)C(C)C)C(=O)O. The van der Waals surface area contributed by atoms with Gasteiger partial charge in [0.25, 0.3) is 5.91 Å². The van der Waals surface area contributed by atoms with Crippen molar-refractivity contribution in [3.63, 3.8) is 0 Å². The zero-order valence-corrected chi connectivity index (χ0v) is 14.7. The number of rotatable bonds is 8. The van der Waals surface area contributed by atoms with Gasteiger partial charge in [0.2, 0.25) is 5.91 Å². The second-order valence-electron chi connectivity index (χ2n) is 6.67. The lowest BCUT2D eigenvalue weighted by Crippen LogP contribution is -2.61. The number of terminal acetylenes is 1. The minimum atomic E-state index is -1.26. The van der Waals surface area contributed by atoms with E-state index in [-0.39, 0.29) is 18.3 Å². The molecule has 0 unspecified atom stereocenters. The lowest BCUT2D eigenvalue weighted by atomic mass is 9.85. The van der Waals surface area contributed by atoms with Gasteiger partial charge in [-0.1, -0.05) is 27.7 Å². The number of aliphatic carboxylic acids is 1. The summed E-state index contributed by atoms with van der Waals surface area (Å²) in [6.45, 7) is 7.01. The van der Waals surface area contributed by atoms with Crippen LogP contribution in [0, 0.1) is 30.1 Å². The van der Waals surface area contributed by atoms with Crippen LogP contribution >= 0.6 is 0 Å².